The quantitative estimate of drug-likeness (QED) is 0.472. The Kier molecular flexibility index (Phi) is 4.48. The molecule has 0 saturated heterocycles. The van der Waals surface area contributed by atoms with Gasteiger partial charge in [-0.05, 0) is 18.2 Å². The Hall–Kier alpha value is -3.04. The van der Waals surface area contributed by atoms with Gasteiger partial charge in [0.1, 0.15) is 0 Å². The molecule has 8 nitrogen and oxygen atoms in total. The molecule has 4 aromatic rings. The van der Waals surface area contributed by atoms with Crippen LogP contribution in [0.15, 0.2) is 54.1 Å². The second kappa shape index (κ2) is 6.84. The molecule has 0 aliphatic rings. The molecule has 0 spiro atoms. The van der Waals surface area contributed by atoms with Gasteiger partial charge in [0.25, 0.3) is 5.88 Å². The largest absolute Gasteiger partial charge is 0.478 e. The molecule has 0 atom stereocenters. The van der Waals surface area contributed by atoms with E-state index in [1.807, 2.05) is 12.1 Å². The van der Waals surface area contributed by atoms with E-state index in [1.165, 1.54) is 13.3 Å². The lowest BCUT2D eigenvalue weighted by molar-refractivity contribution is 0.400. The van der Waals surface area contributed by atoms with Crippen molar-refractivity contribution in [2.75, 3.05) is 13.4 Å². The number of benzene rings is 1. The molecular weight excluding hydrogens is 402 g/mol. The summed E-state index contributed by atoms with van der Waals surface area (Å²) in [4.78, 5) is 17.0. The maximum absolute atomic E-state index is 11.9. The number of methoxy groups -OCH3 is 1. The van der Waals surface area contributed by atoms with Gasteiger partial charge in [-0.25, -0.2) is 28.4 Å². The Morgan fingerprint density at radius 3 is 2.64 bits per heavy atom. The van der Waals surface area contributed by atoms with Crippen molar-refractivity contribution in [3.63, 3.8) is 0 Å². The van der Waals surface area contributed by atoms with E-state index in [-0.39, 0.29) is 5.16 Å². The van der Waals surface area contributed by atoms with Gasteiger partial charge in [0.2, 0.25) is 20.6 Å². The van der Waals surface area contributed by atoms with Gasteiger partial charge in [0.15, 0.2) is 0 Å². The number of rotatable bonds is 4. The second-order valence-electron chi connectivity index (χ2n) is 5.95. The Balaban J connectivity index is 2.08. The van der Waals surface area contributed by atoms with Crippen molar-refractivity contribution in [1.29, 1.82) is 0 Å². The molecule has 0 fully saturated rings. The van der Waals surface area contributed by atoms with Crippen molar-refractivity contribution in [1.82, 2.24) is 24.3 Å². The minimum absolute atomic E-state index is 0.266. The molecule has 0 aliphatic heterocycles. The topological polar surface area (TPSA) is 99.3 Å². The van der Waals surface area contributed by atoms with Crippen LogP contribution in [-0.2, 0) is 9.84 Å². The number of hydrogen-bond acceptors (Lipinski definition) is 7. The summed E-state index contributed by atoms with van der Waals surface area (Å²) in [6.45, 7) is 0. The first-order valence-corrected chi connectivity index (χ1v) is 10.4. The molecule has 0 N–H and O–H groups in total. The van der Waals surface area contributed by atoms with Gasteiger partial charge in [-0.2, -0.15) is 0 Å². The lowest BCUT2D eigenvalue weighted by Crippen LogP contribution is -2.05. The maximum atomic E-state index is 11.9. The standard InChI is InChI=1S/C18H14ClN5O3S/c1-27-17-16-23-14(11-4-3-5-12(19)10-11)15(24(16)9-8-20-17)13-6-7-21-18(22-13)28(2,25)26/h3-10H,1-2H3. The van der Waals surface area contributed by atoms with Crippen molar-refractivity contribution in [2.24, 2.45) is 0 Å². The Morgan fingerprint density at radius 1 is 1.11 bits per heavy atom. The molecule has 0 aliphatic carbocycles. The molecule has 4 rings (SSSR count). The zero-order valence-electron chi connectivity index (χ0n) is 14.9. The second-order valence-corrected chi connectivity index (χ2v) is 8.29. The summed E-state index contributed by atoms with van der Waals surface area (Å²) in [5.41, 5.74) is 2.74. The van der Waals surface area contributed by atoms with Crippen molar-refractivity contribution < 1.29 is 13.2 Å². The first-order valence-electron chi connectivity index (χ1n) is 8.09. The van der Waals surface area contributed by atoms with Crippen LogP contribution in [0, 0.1) is 0 Å². The van der Waals surface area contributed by atoms with Gasteiger partial charge >= 0.3 is 0 Å². The van der Waals surface area contributed by atoms with E-state index in [9.17, 15) is 8.42 Å². The summed E-state index contributed by atoms with van der Waals surface area (Å²) < 4.78 is 30.9. The molecule has 142 valence electrons. The Labute approximate surface area is 165 Å². The van der Waals surface area contributed by atoms with Gasteiger partial charge in [0, 0.05) is 35.4 Å². The molecule has 0 unspecified atom stereocenters. The minimum Gasteiger partial charge on any atom is -0.478 e. The predicted octanol–water partition coefficient (Wildman–Crippen LogP) is 2.92. The van der Waals surface area contributed by atoms with Crippen LogP contribution in [0.2, 0.25) is 5.02 Å². The van der Waals surface area contributed by atoms with Crippen molar-refractivity contribution in [3.8, 4) is 28.5 Å². The number of nitrogens with zero attached hydrogens (tertiary/aromatic N) is 5. The van der Waals surface area contributed by atoms with Gasteiger partial charge in [0.05, 0.1) is 24.2 Å². The lowest BCUT2D eigenvalue weighted by Gasteiger charge is -2.07. The molecule has 10 heteroatoms. The van der Waals surface area contributed by atoms with Crippen LogP contribution in [0.25, 0.3) is 28.3 Å². The third-order valence-corrected chi connectivity index (χ3v) is 5.10. The number of imidazole rings is 1. The summed E-state index contributed by atoms with van der Waals surface area (Å²) in [6, 6.07) is 8.82. The fraction of sp³-hybridized carbons (Fsp3) is 0.111. The monoisotopic (exact) mass is 415 g/mol. The van der Waals surface area contributed by atoms with E-state index in [2.05, 4.69) is 19.9 Å². The zero-order valence-corrected chi connectivity index (χ0v) is 16.4. The molecule has 3 heterocycles. The number of ether oxygens (including phenoxy) is 1. The van der Waals surface area contributed by atoms with E-state index in [1.54, 1.807) is 35.0 Å². The first kappa shape index (κ1) is 18.3. The summed E-state index contributed by atoms with van der Waals surface area (Å²) in [7, 11) is -2.07. The Bertz CT molecular complexity index is 1300. The van der Waals surface area contributed by atoms with E-state index in [4.69, 9.17) is 16.3 Å². The van der Waals surface area contributed by atoms with E-state index < -0.39 is 9.84 Å². The number of fused-ring (bicyclic) bond motifs is 1. The molecule has 28 heavy (non-hydrogen) atoms. The third kappa shape index (κ3) is 3.19. The van der Waals surface area contributed by atoms with Gasteiger partial charge in [-0.3, -0.25) is 4.40 Å². The number of halogens is 1. The van der Waals surface area contributed by atoms with Gasteiger partial charge < -0.3 is 4.74 Å². The molecule has 0 amide bonds. The highest BCUT2D eigenvalue weighted by Crippen LogP contribution is 2.34. The first-order chi connectivity index (χ1) is 13.4. The molecule has 0 saturated carbocycles. The predicted molar refractivity (Wildman–Crippen MR) is 104 cm³/mol. The summed E-state index contributed by atoms with van der Waals surface area (Å²) in [6.07, 6.45) is 5.73. The zero-order chi connectivity index (χ0) is 19.9. The highest BCUT2D eigenvalue weighted by Gasteiger charge is 2.22. The highest BCUT2D eigenvalue weighted by molar-refractivity contribution is 7.90. The van der Waals surface area contributed by atoms with Crippen LogP contribution < -0.4 is 4.74 Å². The minimum atomic E-state index is -3.58. The van der Waals surface area contributed by atoms with Crippen LogP contribution in [0.4, 0.5) is 0 Å². The number of hydrogen-bond donors (Lipinski definition) is 0. The fourth-order valence-corrected chi connectivity index (χ4v) is 3.54. The normalized spacial score (nSPS) is 11.7. The summed E-state index contributed by atoms with van der Waals surface area (Å²) in [5, 5.41) is 0.281. The smallest absolute Gasteiger partial charge is 0.258 e. The maximum Gasteiger partial charge on any atom is 0.258 e. The van der Waals surface area contributed by atoms with Crippen LogP contribution in [0.5, 0.6) is 5.88 Å². The summed E-state index contributed by atoms with van der Waals surface area (Å²) in [5.74, 6) is 0.328. The number of aromatic nitrogens is 5. The van der Waals surface area contributed by atoms with Crippen LogP contribution in [-0.4, -0.2) is 46.1 Å². The highest BCUT2D eigenvalue weighted by atomic mass is 35.5. The molecule has 3 aromatic heterocycles. The van der Waals surface area contributed by atoms with Crippen LogP contribution >= 0.6 is 11.6 Å². The van der Waals surface area contributed by atoms with E-state index >= 15 is 0 Å². The summed E-state index contributed by atoms with van der Waals surface area (Å²) >= 11 is 6.16. The van der Waals surface area contributed by atoms with Crippen molar-refractivity contribution >= 4 is 27.1 Å². The average Bonchev–Trinajstić information content (AvgIpc) is 3.07. The van der Waals surface area contributed by atoms with Crippen LogP contribution in [0.1, 0.15) is 0 Å². The lowest BCUT2D eigenvalue weighted by atomic mass is 10.1. The third-order valence-electron chi connectivity index (χ3n) is 4.01. The van der Waals surface area contributed by atoms with Gasteiger partial charge in [-0.15, -0.1) is 0 Å². The van der Waals surface area contributed by atoms with Gasteiger partial charge in [-0.1, -0.05) is 23.7 Å². The van der Waals surface area contributed by atoms with E-state index in [0.29, 0.717) is 33.6 Å². The molecular formula is C18H14ClN5O3S. The SMILES string of the molecule is COc1nccn2c(-c3ccnc(S(C)(=O)=O)n3)c(-c3cccc(Cl)c3)nc12. The average molecular weight is 416 g/mol. The van der Waals surface area contributed by atoms with Crippen molar-refractivity contribution in [3.05, 3.63) is 53.9 Å². The molecule has 0 radical (unpaired) electrons. The number of sulfone groups is 1. The van der Waals surface area contributed by atoms with E-state index in [0.717, 1.165) is 11.8 Å². The molecule has 0 bridgehead atoms. The fourth-order valence-electron chi connectivity index (χ4n) is 2.83. The van der Waals surface area contributed by atoms with Crippen molar-refractivity contribution in [2.45, 2.75) is 5.16 Å². The van der Waals surface area contributed by atoms with Crippen LogP contribution in [0.3, 0.4) is 0 Å². The Morgan fingerprint density at radius 2 is 1.93 bits per heavy atom. The molecule has 1 aromatic carbocycles.